The van der Waals surface area contributed by atoms with E-state index in [-0.39, 0.29) is 16.9 Å². The lowest BCUT2D eigenvalue weighted by atomic mass is 10.2. The van der Waals surface area contributed by atoms with Crippen LogP contribution in [0.5, 0.6) is 11.6 Å². The molecule has 1 aromatic heterocycles. The second kappa shape index (κ2) is 10.4. The number of hydrogen-bond donors (Lipinski definition) is 1. The van der Waals surface area contributed by atoms with Gasteiger partial charge in [0.25, 0.3) is 0 Å². The van der Waals surface area contributed by atoms with Gasteiger partial charge >= 0.3 is 0 Å². The zero-order valence-electron chi connectivity index (χ0n) is 17.2. The summed E-state index contributed by atoms with van der Waals surface area (Å²) in [6.07, 6.45) is 8.70. The summed E-state index contributed by atoms with van der Waals surface area (Å²) in [7, 11) is -3.21. The van der Waals surface area contributed by atoms with Crippen molar-refractivity contribution in [2.75, 3.05) is 12.9 Å². The standard InChI is InChI=1S/C22H28N2O5S/c1-30(26,27)20-11-9-18(10-12-20)28-14-4-7-21(25)23-15-17-8-13-22(24-16-17)29-19-5-2-3-6-19/h8-13,16,19H,2-7,14-15H2,1H3,(H,23,25). The number of rotatable bonds is 10. The second-order valence-electron chi connectivity index (χ2n) is 7.50. The second-order valence-corrected chi connectivity index (χ2v) is 9.52. The van der Waals surface area contributed by atoms with Gasteiger partial charge in [-0.2, -0.15) is 0 Å². The van der Waals surface area contributed by atoms with Crippen LogP contribution in [0.25, 0.3) is 0 Å². The van der Waals surface area contributed by atoms with E-state index in [2.05, 4.69) is 10.3 Å². The zero-order chi connectivity index (χ0) is 21.4. The van der Waals surface area contributed by atoms with E-state index in [4.69, 9.17) is 9.47 Å². The van der Waals surface area contributed by atoms with Gasteiger partial charge < -0.3 is 14.8 Å². The van der Waals surface area contributed by atoms with Crippen molar-refractivity contribution in [2.45, 2.75) is 56.1 Å². The van der Waals surface area contributed by atoms with Gasteiger partial charge in [0.2, 0.25) is 11.8 Å². The highest BCUT2D eigenvalue weighted by atomic mass is 32.2. The van der Waals surface area contributed by atoms with Crippen LogP contribution < -0.4 is 14.8 Å². The fourth-order valence-electron chi connectivity index (χ4n) is 3.26. The Morgan fingerprint density at radius 1 is 1.13 bits per heavy atom. The van der Waals surface area contributed by atoms with E-state index in [1.54, 1.807) is 18.3 Å². The van der Waals surface area contributed by atoms with Crippen LogP contribution in [0.3, 0.4) is 0 Å². The molecule has 7 nitrogen and oxygen atoms in total. The van der Waals surface area contributed by atoms with E-state index >= 15 is 0 Å². The Bertz CT molecular complexity index is 921. The van der Waals surface area contributed by atoms with Crippen LogP contribution in [-0.4, -0.2) is 38.3 Å². The molecule has 30 heavy (non-hydrogen) atoms. The maximum atomic E-state index is 12.0. The number of pyridine rings is 1. The minimum atomic E-state index is -3.21. The van der Waals surface area contributed by atoms with E-state index in [0.717, 1.165) is 24.7 Å². The molecule has 1 amide bonds. The lowest BCUT2D eigenvalue weighted by Gasteiger charge is -2.12. The Morgan fingerprint density at radius 2 is 1.87 bits per heavy atom. The molecule has 1 aliphatic carbocycles. The topological polar surface area (TPSA) is 94.6 Å². The lowest BCUT2D eigenvalue weighted by Crippen LogP contribution is -2.23. The van der Waals surface area contributed by atoms with Crippen molar-refractivity contribution in [1.82, 2.24) is 10.3 Å². The molecular weight excluding hydrogens is 404 g/mol. The Labute approximate surface area is 177 Å². The van der Waals surface area contributed by atoms with Gasteiger partial charge in [0.15, 0.2) is 9.84 Å². The van der Waals surface area contributed by atoms with Gasteiger partial charge in [-0.15, -0.1) is 0 Å². The van der Waals surface area contributed by atoms with Crippen LogP contribution in [0.1, 0.15) is 44.1 Å². The maximum absolute atomic E-state index is 12.0. The van der Waals surface area contributed by atoms with Gasteiger partial charge in [0.1, 0.15) is 11.9 Å². The smallest absolute Gasteiger partial charge is 0.220 e. The van der Waals surface area contributed by atoms with Crippen LogP contribution in [0.2, 0.25) is 0 Å². The van der Waals surface area contributed by atoms with Crippen LogP contribution >= 0.6 is 0 Å². The number of carbonyl (C=O) groups excluding carboxylic acids is 1. The molecule has 0 saturated heterocycles. The Balaban J connectivity index is 1.32. The Morgan fingerprint density at radius 3 is 2.50 bits per heavy atom. The summed E-state index contributed by atoms with van der Waals surface area (Å²) < 4.78 is 34.3. The first-order chi connectivity index (χ1) is 14.4. The molecule has 1 N–H and O–H groups in total. The highest BCUT2D eigenvalue weighted by Gasteiger charge is 2.16. The Hall–Kier alpha value is -2.61. The average Bonchev–Trinajstić information content (AvgIpc) is 3.23. The molecule has 1 aliphatic rings. The molecule has 0 spiro atoms. The third kappa shape index (κ3) is 7.02. The minimum absolute atomic E-state index is 0.0580. The summed E-state index contributed by atoms with van der Waals surface area (Å²) in [4.78, 5) is 16.6. The molecule has 0 aliphatic heterocycles. The highest BCUT2D eigenvalue weighted by Crippen LogP contribution is 2.22. The predicted octanol–water partition coefficient (Wildman–Crippen LogP) is 3.28. The molecule has 162 valence electrons. The first-order valence-electron chi connectivity index (χ1n) is 10.2. The molecule has 0 radical (unpaired) electrons. The molecule has 1 fully saturated rings. The van der Waals surface area contributed by atoms with Crippen molar-refractivity contribution in [1.29, 1.82) is 0 Å². The number of nitrogens with one attached hydrogen (secondary N) is 1. The van der Waals surface area contributed by atoms with Crippen molar-refractivity contribution in [3.63, 3.8) is 0 Å². The Kier molecular flexibility index (Phi) is 7.68. The number of carbonyl (C=O) groups is 1. The molecule has 0 bridgehead atoms. The fraction of sp³-hybridized carbons (Fsp3) is 0.455. The number of aromatic nitrogens is 1. The van der Waals surface area contributed by atoms with Crippen molar-refractivity contribution < 1.29 is 22.7 Å². The van der Waals surface area contributed by atoms with Crippen molar-refractivity contribution >= 4 is 15.7 Å². The summed E-state index contributed by atoms with van der Waals surface area (Å²) in [5, 5.41) is 2.87. The molecule has 8 heteroatoms. The van der Waals surface area contributed by atoms with E-state index in [1.165, 1.54) is 25.0 Å². The lowest BCUT2D eigenvalue weighted by molar-refractivity contribution is -0.121. The molecular formula is C22H28N2O5S. The van der Waals surface area contributed by atoms with Crippen LogP contribution in [0.15, 0.2) is 47.5 Å². The first kappa shape index (κ1) is 22.1. The van der Waals surface area contributed by atoms with Gasteiger partial charge in [0.05, 0.1) is 11.5 Å². The molecule has 2 aromatic rings. The number of benzene rings is 1. The van der Waals surface area contributed by atoms with E-state index in [0.29, 0.717) is 37.6 Å². The molecule has 1 saturated carbocycles. The molecule has 1 heterocycles. The monoisotopic (exact) mass is 432 g/mol. The van der Waals surface area contributed by atoms with E-state index < -0.39 is 9.84 Å². The fourth-order valence-corrected chi connectivity index (χ4v) is 3.89. The first-order valence-corrected chi connectivity index (χ1v) is 12.1. The SMILES string of the molecule is CS(=O)(=O)c1ccc(OCCCC(=O)NCc2ccc(OC3CCCC3)nc2)cc1. The molecule has 1 aromatic carbocycles. The van der Waals surface area contributed by atoms with Crippen LogP contribution in [-0.2, 0) is 21.2 Å². The zero-order valence-corrected chi connectivity index (χ0v) is 18.0. The third-order valence-electron chi connectivity index (χ3n) is 4.95. The van der Waals surface area contributed by atoms with Gasteiger partial charge in [-0.1, -0.05) is 6.07 Å². The number of ether oxygens (including phenoxy) is 2. The normalized spacial score (nSPS) is 14.4. The van der Waals surface area contributed by atoms with E-state index in [1.807, 2.05) is 12.1 Å². The summed E-state index contributed by atoms with van der Waals surface area (Å²) >= 11 is 0. The minimum Gasteiger partial charge on any atom is -0.494 e. The summed E-state index contributed by atoms with van der Waals surface area (Å²) in [6.45, 7) is 0.795. The summed E-state index contributed by atoms with van der Waals surface area (Å²) in [5.74, 6) is 1.16. The van der Waals surface area contributed by atoms with E-state index in [9.17, 15) is 13.2 Å². The average molecular weight is 433 g/mol. The summed E-state index contributed by atoms with van der Waals surface area (Å²) in [6, 6.07) is 10.0. The molecule has 0 atom stereocenters. The third-order valence-corrected chi connectivity index (χ3v) is 6.07. The van der Waals surface area contributed by atoms with Crippen molar-refractivity contribution in [3.8, 4) is 11.6 Å². The highest BCUT2D eigenvalue weighted by molar-refractivity contribution is 7.90. The van der Waals surface area contributed by atoms with Crippen molar-refractivity contribution in [3.05, 3.63) is 48.2 Å². The van der Waals surface area contributed by atoms with Crippen LogP contribution in [0.4, 0.5) is 0 Å². The number of hydrogen-bond acceptors (Lipinski definition) is 6. The number of sulfone groups is 1. The number of amides is 1. The van der Waals surface area contributed by atoms with Crippen LogP contribution in [0, 0.1) is 0 Å². The number of nitrogens with zero attached hydrogens (tertiary/aromatic N) is 1. The maximum Gasteiger partial charge on any atom is 0.220 e. The molecule has 0 unspecified atom stereocenters. The van der Waals surface area contributed by atoms with Gasteiger partial charge in [0, 0.05) is 31.5 Å². The van der Waals surface area contributed by atoms with Gasteiger partial charge in [-0.3, -0.25) is 4.79 Å². The van der Waals surface area contributed by atoms with Crippen molar-refractivity contribution in [2.24, 2.45) is 0 Å². The predicted molar refractivity (Wildman–Crippen MR) is 113 cm³/mol. The quantitative estimate of drug-likeness (QED) is 0.579. The largest absolute Gasteiger partial charge is 0.494 e. The molecule has 3 rings (SSSR count). The summed E-state index contributed by atoms with van der Waals surface area (Å²) in [5.41, 5.74) is 0.921. The van der Waals surface area contributed by atoms with Gasteiger partial charge in [-0.05, 0) is 61.9 Å². The van der Waals surface area contributed by atoms with Gasteiger partial charge in [-0.25, -0.2) is 13.4 Å².